The highest BCUT2D eigenvalue weighted by molar-refractivity contribution is 5.87. The summed E-state index contributed by atoms with van der Waals surface area (Å²) in [5.41, 5.74) is 4.85. The van der Waals surface area contributed by atoms with Gasteiger partial charge >= 0.3 is 0 Å². The monoisotopic (exact) mass is 278 g/mol. The Morgan fingerprint density at radius 2 is 1.85 bits per heavy atom. The Bertz CT molecular complexity index is 439. The maximum absolute atomic E-state index is 12.3. The van der Waals surface area contributed by atoms with Crippen molar-refractivity contribution >= 4 is 5.91 Å². The first kappa shape index (κ1) is 16.7. The summed E-state index contributed by atoms with van der Waals surface area (Å²) in [6, 6.07) is 9.23. The van der Waals surface area contributed by atoms with Gasteiger partial charge in [0.1, 0.15) is 5.54 Å². The normalized spacial score (nSPS) is 17.4. The van der Waals surface area contributed by atoms with Gasteiger partial charge in [0.2, 0.25) is 5.91 Å². The summed E-state index contributed by atoms with van der Waals surface area (Å²) in [6.07, 6.45) is 0.625. The average Bonchev–Trinajstić information content (AvgIpc) is 2.35. The fourth-order valence-electron chi connectivity index (χ4n) is 2.32. The van der Waals surface area contributed by atoms with E-state index in [0.717, 1.165) is 5.56 Å². The van der Waals surface area contributed by atoms with Gasteiger partial charge in [0.25, 0.3) is 0 Å². The second-order valence-electron chi connectivity index (χ2n) is 6.35. The predicted octanol–water partition coefficient (Wildman–Crippen LogP) is 1.77. The lowest BCUT2D eigenvalue weighted by Crippen LogP contribution is -2.52. The van der Waals surface area contributed by atoms with Crippen molar-refractivity contribution in [2.24, 2.45) is 11.7 Å². The lowest BCUT2D eigenvalue weighted by atomic mass is 9.91. The number of hydrogen-bond acceptors (Lipinski definition) is 3. The highest BCUT2D eigenvalue weighted by Gasteiger charge is 2.32. The van der Waals surface area contributed by atoms with Crippen LogP contribution < -0.4 is 11.1 Å². The number of rotatable bonds is 6. The Morgan fingerprint density at radius 1 is 1.30 bits per heavy atom. The van der Waals surface area contributed by atoms with Gasteiger partial charge in [-0.15, -0.1) is 0 Å². The van der Waals surface area contributed by atoms with Crippen molar-refractivity contribution in [1.82, 2.24) is 5.32 Å². The van der Waals surface area contributed by atoms with Crippen LogP contribution in [-0.2, 0) is 10.3 Å². The van der Waals surface area contributed by atoms with Crippen LogP contribution >= 0.6 is 0 Å². The number of carbonyl (C=O) groups excluding carboxylic acids is 1. The third kappa shape index (κ3) is 4.62. The molecule has 4 nitrogen and oxygen atoms in total. The maximum Gasteiger partial charge on any atom is 0.244 e. The van der Waals surface area contributed by atoms with Gasteiger partial charge in [0.05, 0.1) is 5.60 Å². The number of nitrogens with two attached hydrogens (primary N) is 1. The summed E-state index contributed by atoms with van der Waals surface area (Å²) in [5.74, 6) is 0.0769. The number of carbonyl (C=O) groups is 1. The highest BCUT2D eigenvalue weighted by Crippen LogP contribution is 2.19. The first-order valence-corrected chi connectivity index (χ1v) is 7.00. The van der Waals surface area contributed by atoms with Gasteiger partial charge in [-0.2, -0.15) is 0 Å². The number of hydrogen-bond donors (Lipinski definition) is 3. The fourth-order valence-corrected chi connectivity index (χ4v) is 2.32. The molecule has 2 atom stereocenters. The third-order valence-electron chi connectivity index (χ3n) is 3.32. The Kier molecular flexibility index (Phi) is 5.31. The van der Waals surface area contributed by atoms with E-state index in [-0.39, 0.29) is 12.5 Å². The van der Waals surface area contributed by atoms with Crippen LogP contribution in [0.15, 0.2) is 30.3 Å². The van der Waals surface area contributed by atoms with Crippen LogP contribution in [0, 0.1) is 5.92 Å². The van der Waals surface area contributed by atoms with Crippen LogP contribution in [-0.4, -0.2) is 23.2 Å². The fraction of sp³-hybridized carbons (Fsp3) is 0.562. The van der Waals surface area contributed by atoms with E-state index in [9.17, 15) is 9.90 Å². The molecule has 0 radical (unpaired) electrons. The molecule has 2 unspecified atom stereocenters. The van der Waals surface area contributed by atoms with E-state index in [0.29, 0.717) is 12.3 Å². The highest BCUT2D eigenvalue weighted by atomic mass is 16.3. The van der Waals surface area contributed by atoms with Gasteiger partial charge in [-0.05, 0) is 31.7 Å². The van der Waals surface area contributed by atoms with Crippen molar-refractivity contribution in [3.05, 3.63) is 35.9 Å². The van der Waals surface area contributed by atoms with E-state index in [1.165, 1.54) is 0 Å². The summed E-state index contributed by atoms with van der Waals surface area (Å²) < 4.78 is 0. The molecule has 4 heteroatoms. The van der Waals surface area contributed by atoms with Gasteiger partial charge in [0.15, 0.2) is 0 Å². The zero-order valence-corrected chi connectivity index (χ0v) is 12.8. The molecular formula is C16H26N2O2. The standard InChI is InChI=1S/C16H26N2O2/c1-12(2)10-15(3,20)11-18-14(19)16(4,17)13-8-6-5-7-9-13/h5-9,12,20H,10-11,17H2,1-4H3,(H,18,19). The molecule has 0 aromatic heterocycles. The summed E-state index contributed by atoms with van der Waals surface area (Å²) in [7, 11) is 0. The molecule has 0 saturated carbocycles. The summed E-state index contributed by atoms with van der Waals surface area (Å²) >= 11 is 0. The number of amides is 1. The Balaban J connectivity index is 2.67. The SMILES string of the molecule is CC(C)CC(C)(O)CNC(=O)C(C)(N)c1ccccc1. The molecule has 0 bridgehead atoms. The molecule has 4 N–H and O–H groups in total. The summed E-state index contributed by atoms with van der Waals surface area (Å²) in [5, 5.41) is 13.0. The Morgan fingerprint density at radius 3 is 2.35 bits per heavy atom. The van der Waals surface area contributed by atoms with Crippen LogP contribution in [0.25, 0.3) is 0 Å². The smallest absolute Gasteiger partial charge is 0.244 e. The molecule has 20 heavy (non-hydrogen) atoms. The Labute approximate surface area is 121 Å². The number of aliphatic hydroxyl groups is 1. The van der Waals surface area contributed by atoms with Crippen molar-refractivity contribution in [3.63, 3.8) is 0 Å². The van der Waals surface area contributed by atoms with Crippen molar-refractivity contribution in [3.8, 4) is 0 Å². The largest absolute Gasteiger partial charge is 0.388 e. The molecule has 1 aromatic rings. The van der Waals surface area contributed by atoms with Crippen LogP contribution in [0.5, 0.6) is 0 Å². The molecule has 0 fully saturated rings. The van der Waals surface area contributed by atoms with Gasteiger partial charge < -0.3 is 16.2 Å². The second-order valence-corrected chi connectivity index (χ2v) is 6.35. The summed E-state index contributed by atoms with van der Waals surface area (Å²) in [4.78, 5) is 12.3. The van der Waals surface area contributed by atoms with E-state index >= 15 is 0 Å². The minimum absolute atomic E-state index is 0.198. The van der Waals surface area contributed by atoms with Crippen molar-refractivity contribution in [2.45, 2.75) is 45.3 Å². The maximum atomic E-state index is 12.3. The molecule has 1 amide bonds. The minimum atomic E-state index is -1.10. The van der Waals surface area contributed by atoms with E-state index in [1.54, 1.807) is 13.8 Å². The van der Waals surface area contributed by atoms with Crippen LogP contribution in [0.3, 0.4) is 0 Å². The average molecular weight is 278 g/mol. The molecule has 0 aliphatic rings. The van der Waals surface area contributed by atoms with E-state index in [4.69, 9.17) is 5.73 Å². The van der Waals surface area contributed by atoms with Crippen LogP contribution in [0.1, 0.15) is 39.7 Å². The molecule has 1 rings (SSSR count). The molecule has 0 aliphatic heterocycles. The topological polar surface area (TPSA) is 75.3 Å². The van der Waals surface area contributed by atoms with Gasteiger partial charge in [-0.1, -0.05) is 44.2 Å². The van der Waals surface area contributed by atoms with Crippen molar-refractivity contribution in [2.75, 3.05) is 6.54 Å². The van der Waals surface area contributed by atoms with E-state index in [1.807, 2.05) is 44.2 Å². The molecule has 0 aliphatic carbocycles. The molecule has 112 valence electrons. The zero-order chi connectivity index (χ0) is 15.4. The van der Waals surface area contributed by atoms with E-state index < -0.39 is 11.1 Å². The molecular weight excluding hydrogens is 252 g/mol. The number of benzene rings is 1. The summed E-state index contributed by atoms with van der Waals surface area (Å²) in [6.45, 7) is 7.67. The van der Waals surface area contributed by atoms with Crippen molar-refractivity contribution in [1.29, 1.82) is 0 Å². The lowest BCUT2D eigenvalue weighted by Gasteiger charge is -2.29. The molecule has 0 saturated heterocycles. The first-order valence-electron chi connectivity index (χ1n) is 7.00. The zero-order valence-electron chi connectivity index (χ0n) is 12.8. The number of nitrogens with one attached hydrogen (secondary N) is 1. The lowest BCUT2D eigenvalue weighted by molar-refractivity contribution is -0.127. The van der Waals surface area contributed by atoms with Gasteiger partial charge in [-0.25, -0.2) is 0 Å². The second kappa shape index (κ2) is 6.37. The van der Waals surface area contributed by atoms with Gasteiger partial charge in [-0.3, -0.25) is 4.79 Å². The van der Waals surface area contributed by atoms with Crippen molar-refractivity contribution < 1.29 is 9.90 Å². The quantitative estimate of drug-likeness (QED) is 0.742. The predicted molar refractivity (Wildman–Crippen MR) is 81.1 cm³/mol. The van der Waals surface area contributed by atoms with E-state index in [2.05, 4.69) is 5.32 Å². The Hall–Kier alpha value is -1.39. The van der Waals surface area contributed by atoms with Crippen LogP contribution in [0.2, 0.25) is 0 Å². The molecule has 0 heterocycles. The minimum Gasteiger partial charge on any atom is -0.388 e. The molecule has 1 aromatic carbocycles. The van der Waals surface area contributed by atoms with Gasteiger partial charge in [0, 0.05) is 6.54 Å². The third-order valence-corrected chi connectivity index (χ3v) is 3.32. The van der Waals surface area contributed by atoms with Crippen LogP contribution in [0.4, 0.5) is 0 Å². The first-order chi connectivity index (χ1) is 9.15. The molecule has 0 spiro atoms.